The van der Waals surface area contributed by atoms with Gasteiger partial charge in [-0.25, -0.2) is 4.39 Å². The van der Waals surface area contributed by atoms with Crippen molar-refractivity contribution >= 4 is 17.9 Å². The average molecular weight is 503 g/mol. The van der Waals surface area contributed by atoms with E-state index in [1.54, 1.807) is 6.20 Å². The largest absolute Gasteiger partial charge is 0.355 e. The van der Waals surface area contributed by atoms with Crippen molar-refractivity contribution in [3.63, 3.8) is 0 Å². The van der Waals surface area contributed by atoms with Gasteiger partial charge in [-0.3, -0.25) is 14.6 Å². The number of hydrogen-bond acceptors (Lipinski definition) is 4. The molecule has 2 N–H and O–H groups in total. The molecule has 4 aliphatic rings. The number of aromatic nitrogens is 1. The normalized spacial score (nSPS) is 24.9. The van der Waals surface area contributed by atoms with E-state index < -0.39 is 5.41 Å². The van der Waals surface area contributed by atoms with Crippen LogP contribution in [-0.4, -0.2) is 54.4 Å². The number of carbonyl (C=O) groups excluding carboxylic acids is 2. The lowest BCUT2D eigenvalue weighted by Crippen LogP contribution is -2.47. The predicted octanol–water partition coefficient (Wildman–Crippen LogP) is 4.25. The Labute approximate surface area is 217 Å². The Hall–Kier alpha value is -3.06. The van der Waals surface area contributed by atoms with E-state index in [-0.39, 0.29) is 23.5 Å². The quantitative estimate of drug-likeness (QED) is 0.620. The van der Waals surface area contributed by atoms with Gasteiger partial charge in [-0.05, 0) is 80.4 Å². The van der Waals surface area contributed by atoms with Crippen LogP contribution in [-0.2, 0) is 4.79 Å². The molecule has 2 aliphatic heterocycles. The molecular formula is C30H35FN4O2. The van der Waals surface area contributed by atoms with Gasteiger partial charge in [0.1, 0.15) is 5.82 Å². The Balaban J connectivity index is 1.02. The number of nitrogens with zero attached hydrogens (tertiary/aromatic N) is 2. The van der Waals surface area contributed by atoms with E-state index in [2.05, 4.69) is 27.7 Å². The van der Waals surface area contributed by atoms with Crippen LogP contribution < -0.4 is 10.6 Å². The zero-order chi connectivity index (χ0) is 25.4. The smallest absolute Gasteiger partial charge is 0.252 e. The standard InChI is InChI=1S/C30H35FN4O2/c31-24-9-7-21(8-10-24)26-19-34-29(37)30(26)11-14-35(15-12-30)16-13-32-28(36)23-17-22-5-2-6-25(20-3-1-4-20)27(22)33-18-23/h2,5,7-10,17-18,20,25-26H,1,3-4,6,11-16,19H2,(H,32,36)(H,34,37)/t25?,26-/m1/s1. The van der Waals surface area contributed by atoms with E-state index in [9.17, 15) is 14.0 Å². The molecule has 2 amide bonds. The number of benzene rings is 1. The van der Waals surface area contributed by atoms with Crippen molar-refractivity contribution in [2.45, 2.75) is 50.4 Å². The van der Waals surface area contributed by atoms with Gasteiger partial charge in [-0.1, -0.05) is 30.7 Å². The van der Waals surface area contributed by atoms with E-state index in [1.807, 2.05) is 18.2 Å². The highest BCUT2D eigenvalue weighted by molar-refractivity contribution is 5.94. The highest BCUT2D eigenvalue weighted by Gasteiger charge is 2.51. The van der Waals surface area contributed by atoms with Gasteiger partial charge < -0.3 is 15.5 Å². The van der Waals surface area contributed by atoms with Crippen LogP contribution in [0.2, 0.25) is 0 Å². The third-order valence-corrected chi connectivity index (χ3v) is 9.29. The van der Waals surface area contributed by atoms with Crippen molar-refractivity contribution in [1.29, 1.82) is 0 Å². The third-order valence-electron chi connectivity index (χ3n) is 9.29. The van der Waals surface area contributed by atoms with Crippen molar-refractivity contribution in [3.8, 4) is 0 Å². The molecule has 1 unspecified atom stereocenters. The number of halogens is 1. The fraction of sp³-hybridized carbons (Fsp3) is 0.500. The number of rotatable bonds is 6. The Bertz CT molecular complexity index is 1200. The second-order valence-electron chi connectivity index (χ2n) is 11.2. The molecule has 1 spiro atoms. The maximum Gasteiger partial charge on any atom is 0.252 e. The molecule has 7 heteroatoms. The number of likely N-dealkylation sites (tertiary alicyclic amines) is 1. The molecule has 1 aromatic carbocycles. The van der Waals surface area contributed by atoms with Gasteiger partial charge in [0.2, 0.25) is 5.91 Å². The Morgan fingerprint density at radius 3 is 2.70 bits per heavy atom. The van der Waals surface area contributed by atoms with E-state index >= 15 is 0 Å². The molecule has 6 rings (SSSR count). The summed E-state index contributed by atoms with van der Waals surface area (Å²) in [7, 11) is 0. The van der Waals surface area contributed by atoms with Crippen LogP contribution in [0.1, 0.15) is 77.5 Å². The van der Waals surface area contributed by atoms with Crippen LogP contribution in [0.5, 0.6) is 0 Å². The molecular weight excluding hydrogens is 467 g/mol. The second-order valence-corrected chi connectivity index (χ2v) is 11.2. The van der Waals surface area contributed by atoms with Gasteiger partial charge in [0, 0.05) is 37.7 Å². The van der Waals surface area contributed by atoms with Crippen LogP contribution in [0.15, 0.2) is 42.6 Å². The molecule has 0 bridgehead atoms. The van der Waals surface area contributed by atoms with Crippen LogP contribution >= 0.6 is 0 Å². The minimum atomic E-state index is -0.433. The lowest BCUT2D eigenvalue weighted by Gasteiger charge is -2.41. The van der Waals surface area contributed by atoms with E-state index in [0.29, 0.717) is 24.6 Å². The SMILES string of the molecule is O=C(NCCN1CCC2(CC1)C(=O)NC[C@@H]2c1ccc(F)cc1)c1cnc2c(c1)C=CCC2C1CCC1. The van der Waals surface area contributed by atoms with E-state index in [1.165, 1.54) is 31.4 Å². The number of piperidine rings is 1. The number of allylic oxidation sites excluding steroid dienone is 1. The van der Waals surface area contributed by atoms with Crippen molar-refractivity contribution in [1.82, 2.24) is 20.5 Å². The molecule has 3 fully saturated rings. The summed E-state index contributed by atoms with van der Waals surface area (Å²) in [4.78, 5) is 32.8. The molecule has 3 heterocycles. The highest BCUT2D eigenvalue weighted by atomic mass is 19.1. The molecule has 2 saturated heterocycles. The zero-order valence-corrected chi connectivity index (χ0v) is 21.2. The predicted molar refractivity (Wildman–Crippen MR) is 141 cm³/mol. The summed E-state index contributed by atoms with van der Waals surface area (Å²) in [6.07, 6.45) is 12.5. The molecule has 1 aromatic heterocycles. The highest BCUT2D eigenvalue weighted by Crippen LogP contribution is 2.48. The molecule has 1 saturated carbocycles. The van der Waals surface area contributed by atoms with E-state index in [0.717, 1.165) is 61.6 Å². The summed E-state index contributed by atoms with van der Waals surface area (Å²) in [5, 5.41) is 6.11. The van der Waals surface area contributed by atoms with Crippen molar-refractivity contribution in [2.24, 2.45) is 11.3 Å². The molecule has 2 aliphatic carbocycles. The van der Waals surface area contributed by atoms with Crippen molar-refractivity contribution < 1.29 is 14.0 Å². The first-order valence-electron chi connectivity index (χ1n) is 13.7. The summed E-state index contributed by atoms with van der Waals surface area (Å²) in [6.45, 7) is 3.50. The maximum atomic E-state index is 13.4. The first-order valence-corrected chi connectivity index (χ1v) is 13.7. The van der Waals surface area contributed by atoms with Crippen LogP contribution in [0.3, 0.4) is 0 Å². The zero-order valence-electron chi connectivity index (χ0n) is 21.2. The minimum Gasteiger partial charge on any atom is -0.355 e. The molecule has 0 radical (unpaired) electrons. The molecule has 2 aromatic rings. The van der Waals surface area contributed by atoms with Gasteiger partial charge in [-0.2, -0.15) is 0 Å². The van der Waals surface area contributed by atoms with Gasteiger partial charge >= 0.3 is 0 Å². The summed E-state index contributed by atoms with van der Waals surface area (Å²) in [6, 6.07) is 8.55. The Kier molecular flexibility index (Phi) is 6.57. The molecule has 6 nitrogen and oxygen atoms in total. The summed E-state index contributed by atoms with van der Waals surface area (Å²) < 4.78 is 13.4. The van der Waals surface area contributed by atoms with Gasteiger partial charge in [0.05, 0.1) is 16.7 Å². The number of amides is 2. The number of carbonyl (C=O) groups is 2. The average Bonchev–Trinajstić information content (AvgIpc) is 3.19. The van der Waals surface area contributed by atoms with Gasteiger partial charge in [-0.15, -0.1) is 0 Å². The lowest BCUT2D eigenvalue weighted by molar-refractivity contribution is -0.130. The molecule has 2 atom stereocenters. The number of pyridine rings is 1. The fourth-order valence-electron chi connectivity index (χ4n) is 6.81. The second kappa shape index (κ2) is 10.0. The maximum absolute atomic E-state index is 13.4. The fourth-order valence-corrected chi connectivity index (χ4v) is 6.81. The molecule has 37 heavy (non-hydrogen) atoms. The topological polar surface area (TPSA) is 74.3 Å². The number of fused-ring (bicyclic) bond motifs is 1. The van der Waals surface area contributed by atoms with Gasteiger partial charge in [0.25, 0.3) is 5.91 Å². The van der Waals surface area contributed by atoms with Crippen LogP contribution in [0, 0.1) is 17.2 Å². The first kappa shape index (κ1) is 24.3. The van der Waals surface area contributed by atoms with Crippen LogP contribution in [0.4, 0.5) is 4.39 Å². The monoisotopic (exact) mass is 502 g/mol. The van der Waals surface area contributed by atoms with Crippen LogP contribution in [0.25, 0.3) is 6.08 Å². The van der Waals surface area contributed by atoms with Crippen molar-refractivity contribution in [2.75, 3.05) is 32.7 Å². The Morgan fingerprint density at radius 2 is 1.97 bits per heavy atom. The minimum absolute atomic E-state index is 0.0666. The summed E-state index contributed by atoms with van der Waals surface area (Å²) in [5.41, 5.74) is 3.44. The Morgan fingerprint density at radius 1 is 1.19 bits per heavy atom. The third kappa shape index (κ3) is 4.58. The summed E-state index contributed by atoms with van der Waals surface area (Å²) >= 11 is 0. The first-order chi connectivity index (χ1) is 18.0. The number of hydrogen-bond donors (Lipinski definition) is 2. The summed E-state index contributed by atoms with van der Waals surface area (Å²) in [5.74, 6) is 1.07. The van der Waals surface area contributed by atoms with E-state index in [4.69, 9.17) is 4.98 Å². The van der Waals surface area contributed by atoms with Crippen molar-refractivity contribution in [3.05, 3.63) is 70.8 Å². The number of nitrogens with one attached hydrogen (secondary N) is 2. The molecule has 194 valence electrons. The van der Waals surface area contributed by atoms with Gasteiger partial charge in [0.15, 0.2) is 0 Å². The lowest BCUT2D eigenvalue weighted by atomic mass is 9.68.